The van der Waals surface area contributed by atoms with Crippen molar-refractivity contribution in [1.82, 2.24) is 5.32 Å². The Morgan fingerprint density at radius 2 is 1.88 bits per heavy atom. The Balaban J connectivity index is 1.81. The zero-order valence-electron chi connectivity index (χ0n) is 18.6. The largest absolute Gasteiger partial charge is 0.504 e. The van der Waals surface area contributed by atoms with E-state index >= 15 is 0 Å². The molecule has 4 rings (SSSR count). The maximum Gasteiger partial charge on any atom is 0.315 e. The lowest BCUT2D eigenvalue weighted by Crippen LogP contribution is -2.42. The number of phenolic OH excluding ortho intramolecular Hbond substituents is 1. The fourth-order valence-electron chi connectivity index (χ4n) is 4.78. The Kier molecular flexibility index (Phi) is 6.47. The van der Waals surface area contributed by atoms with Crippen molar-refractivity contribution in [2.45, 2.75) is 31.6 Å². The SMILES string of the molecule is C=C1NC2=C(C(=O)CC(c3ccc(Cl)cc3)C2)C(c2ccc(O)c(OCC)c2)C1C(=O)OC. The van der Waals surface area contributed by atoms with Crippen molar-refractivity contribution in [3.8, 4) is 11.5 Å². The lowest BCUT2D eigenvalue weighted by Gasteiger charge is -2.40. The molecule has 1 heterocycles. The number of ether oxygens (including phenoxy) is 2. The van der Waals surface area contributed by atoms with Crippen LogP contribution in [0.1, 0.15) is 42.7 Å². The minimum absolute atomic E-state index is 0.00467. The van der Waals surface area contributed by atoms with Crippen LogP contribution in [-0.2, 0) is 14.3 Å². The molecule has 0 saturated heterocycles. The fraction of sp³-hybridized carbons (Fsp3) is 0.308. The number of esters is 1. The van der Waals surface area contributed by atoms with Gasteiger partial charge >= 0.3 is 5.97 Å². The molecule has 0 amide bonds. The Morgan fingerprint density at radius 3 is 2.55 bits per heavy atom. The van der Waals surface area contributed by atoms with Gasteiger partial charge in [0.15, 0.2) is 17.3 Å². The summed E-state index contributed by atoms with van der Waals surface area (Å²) in [6.45, 7) is 6.27. The summed E-state index contributed by atoms with van der Waals surface area (Å²) in [5.74, 6) is -1.63. The molecule has 2 aromatic rings. The van der Waals surface area contributed by atoms with Crippen LogP contribution in [0, 0.1) is 5.92 Å². The molecule has 0 fully saturated rings. The number of aromatic hydroxyl groups is 1. The summed E-state index contributed by atoms with van der Waals surface area (Å²) in [5.41, 5.74) is 3.49. The van der Waals surface area contributed by atoms with Gasteiger partial charge in [-0.25, -0.2) is 0 Å². The number of phenols is 1. The third-order valence-electron chi connectivity index (χ3n) is 6.28. The van der Waals surface area contributed by atoms with E-state index in [1.165, 1.54) is 13.2 Å². The van der Waals surface area contributed by atoms with Gasteiger partial charge in [0.25, 0.3) is 0 Å². The minimum atomic E-state index is -0.788. The van der Waals surface area contributed by atoms with Gasteiger partial charge in [-0.1, -0.05) is 36.4 Å². The number of ketones is 1. The van der Waals surface area contributed by atoms with Gasteiger partial charge in [0.1, 0.15) is 5.92 Å². The quantitative estimate of drug-likeness (QED) is 0.612. The minimum Gasteiger partial charge on any atom is -0.504 e. The molecule has 33 heavy (non-hydrogen) atoms. The van der Waals surface area contributed by atoms with Crippen LogP contribution in [0.5, 0.6) is 11.5 Å². The van der Waals surface area contributed by atoms with Gasteiger partial charge in [-0.15, -0.1) is 0 Å². The number of Topliss-reactive ketones (excluding diaryl/α,β-unsaturated/α-hetero) is 1. The van der Waals surface area contributed by atoms with E-state index < -0.39 is 17.8 Å². The van der Waals surface area contributed by atoms with Crippen molar-refractivity contribution in [3.63, 3.8) is 0 Å². The molecule has 3 unspecified atom stereocenters. The van der Waals surface area contributed by atoms with Gasteiger partial charge in [-0.05, 0) is 54.7 Å². The molecule has 6 nitrogen and oxygen atoms in total. The lowest BCUT2D eigenvalue weighted by molar-refractivity contribution is -0.144. The fourth-order valence-corrected chi connectivity index (χ4v) is 4.91. The molecular weight excluding hydrogens is 442 g/mol. The maximum atomic E-state index is 13.5. The number of rotatable bonds is 5. The van der Waals surface area contributed by atoms with Crippen LogP contribution in [0.3, 0.4) is 0 Å². The highest BCUT2D eigenvalue weighted by molar-refractivity contribution is 6.30. The average molecular weight is 468 g/mol. The van der Waals surface area contributed by atoms with Crippen LogP contribution in [0.25, 0.3) is 0 Å². The number of benzene rings is 2. The first-order chi connectivity index (χ1) is 15.8. The standard InChI is InChI=1S/C26H26ClNO5/c1-4-33-22-13-16(7-10-20(22)29)24-23(26(31)32-3)14(2)28-19-11-17(12-21(30)25(19)24)15-5-8-18(27)9-6-15/h5-10,13,17,23-24,28-29H,2,4,11-12H2,1,3H3. The lowest BCUT2D eigenvalue weighted by atomic mass is 9.69. The second kappa shape index (κ2) is 9.32. The molecule has 0 aromatic heterocycles. The number of nitrogens with one attached hydrogen (secondary N) is 1. The molecule has 0 saturated carbocycles. The second-order valence-corrected chi connectivity index (χ2v) is 8.70. The summed E-state index contributed by atoms with van der Waals surface area (Å²) in [6, 6.07) is 12.4. The van der Waals surface area contributed by atoms with Crippen LogP contribution >= 0.6 is 11.6 Å². The molecule has 172 valence electrons. The molecular formula is C26H26ClNO5. The molecule has 2 aliphatic rings. The topological polar surface area (TPSA) is 84.9 Å². The smallest absolute Gasteiger partial charge is 0.315 e. The number of hydrogen-bond acceptors (Lipinski definition) is 6. The van der Waals surface area contributed by atoms with Gasteiger partial charge < -0.3 is 19.9 Å². The number of carbonyl (C=O) groups is 2. The molecule has 2 N–H and O–H groups in total. The van der Waals surface area contributed by atoms with Crippen LogP contribution in [0.2, 0.25) is 5.02 Å². The Bertz CT molecular complexity index is 1140. The summed E-state index contributed by atoms with van der Waals surface area (Å²) in [5, 5.41) is 14.0. The first-order valence-electron chi connectivity index (χ1n) is 10.8. The van der Waals surface area contributed by atoms with Crippen LogP contribution in [0.4, 0.5) is 0 Å². The Labute approximate surface area is 197 Å². The summed E-state index contributed by atoms with van der Waals surface area (Å²) < 4.78 is 10.6. The number of hydrogen-bond donors (Lipinski definition) is 2. The first-order valence-corrected chi connectivity index (χ1v) is 11.2. The summed E-state index contributed by atoms with van der Waals surface area (Å²) in [4.78, 5) is 26.3. The molecule has 7 heteroatoms. The van der Waals surface area contributed by atoms with E-state index in [1.807, 2.05) is 31.2 Å². The van der Waals surface area contributed by atoms with E-state index in [-0.39, 0.29) is 17.5 Å². The molecule has 0 radical (unpaired) electrons. The highest BCUT2D eigenvalue weighted by Crippen LogP contribution is 2.48. The molecule has 2 aromatic carbocycles. The molecule has 1 aliphatic heterocycles. The van der Waals surface area contributed by atoms with E-state index in [0.29, 0.717) is 47.1 Å². The van der Waals surface area contributed by atoms with Gasteiger partial charge in [-0.2, -0.15) is 0 Å². The van der Waals surface area contributed by atoms with Crippen LogP contribution < -0.4 is 10.1 Å². The number of carbonyl (C=O) groups excluding carboxylic acids is 2. The zero-order chi connectivity index (χ0) is 23.7. The third-order valence-corrected chi connectivity index (χ3v) is 6.53. The van der Waals surface area contributed by atoms with Crippen LogP contribution in [0.15, 0.2) is 66.0 Å². The Morgan fingerprint density at radius 1 is 1.18 bits per heavy atom. The average Bonchev–Trinajstić information content (AvgIpc) is 2.79. The van der Waals surface area contributed by atoms with E-state index in [9.17, 15) is 14.7 Å². The van der Waals surface area contributed by atoms with Gasteiger partial charge in [-0.3, -0.25) is 9.59 Å². The van der Waals surface area contributed by atoms with Gasteiger partial charge in [0.05, 0.1) is 13.7 Å². The van der Waals surface area contributed by atoms with Crippen molar-refractivity contribution in [2.24, 2.45) is 5.92 Å². The van der Waals surface area contributed by atoms with E-state index in [1.54, 1.807) is 12.1 Å². The monoisotopic (exact) mass is 467 g/mol. The molecule has 0 bridgehead atoms. The Hall–Kier alpha value is -3.25. The van der Waals surface area contributed by atoms with Crippen molar-refractivity contribution >= 4 is 23.4 Å². The first kappa shape index (κ1) is 22.9. The van der Waals surface area contributed by atoms with Crippen molar-refractivity contribution in [3.05, 3.63) is 82.2 Å². The summed E-state index contributed by atoms with van der Waals surface area (Å²) in [6.07, 6.45) is 0.915. The van der Waals surface area contributed by atoms with Crippen molar-refractivity contribution in [1.29, 1.82) is 0 Å². The maximum absolute atomic E-state index is 13.5. The van der Waals surface area contributed by atoms with Crippen molar-refractivity contribution < 1.29 is 24.2 Å². The summed E-state index contributed by atoms with van der Waals surface area (Å²) >= 11 is 6.03. The third kappa shape index (κ3) is 4.35. The molecule has 1 aliphatic carbocycles. The van der Waals surface area contributed by atoms with E-state index in [4.69, 9.17) is 21.1 Å². The van der Waals surface area contributed by atoms with Gasteiger partial charge in [0, 0.05) is 34.3 Å². The van der Waals surface area contributed by atoms with Crippen LogP contribution in [-0.4, -0.2) is 30.6 Å². The zero-order valence-corrected chi connectivity index (χ0v) is 19.3. The van der Waals surface area contributed by atoms with Crippen molar-refractivity contribution in [2.75, 3.05) is 13.7 Å². The second-order valence-electron chi connectivity index (χ2n) is 8.26. The molecule has 0 spiro atoms. The normalized spacial score (nSPS) is 22.5. The number of allylic oxidation sites excluding steroid dienone is 2. The number of halogens is 1. The highest BCUT2D eigenvalue weighted by Gasteiger charge is 2.45. The summed E-state index contributed by atoms with van der Waals surface area (Å²) in [7, 11) is 1.32. The predicted molar refractivity (Wildman–Crippen MR) is 125 cm³/mol. The highest BCUT2D eigenvalue weighted by atomic mass is 35.5. The predicted octanol–water partition coefficient (Wildman–Crippen LogP) is 4.83. The van der Waals surface area contributed by atoms with Gasteiger partial charge in [0.2, 0.25) is 0 Å². The molecule has 3 atom stereocenters. The van der Waals surface area contributed by atoms with E-state index in [2.05, 4.69) is 11.9 Å². The number of methoxy groups -OCH3 is 1. The van der Waals surface area contributed by atoms with E-state index in [0.717, 1.165) is 11.3 Å².